The Morgan fingerprint density at radius 1 is 1.07 bits per heavy atom. The molecule has 0 bridgehead atoms. The van der Waals surface area contributed by atoms with Gasteiger partial charge in [-0.25, -0.2) is 0 Å². The zero-order valence-corrected chi connectivity index (χ0v) is 17.1. The van der Waals surface area contributed by atoms with Crippen molar-refractivity contribution in [3.63, 3.8) is 0 Å². The number of ether oxygens (including phenoxy) is 4. The highest BCUT2D eigenvalue weighted by atomic mass is 16.7. The predicted octanol–water partition coefficient (Wildman–Crippen LogP) is 4.26. The maximum Gasteiger partial charge on any atom is 0.231 e. The quantitative estimate of drug-likeness (QED) is 0.718. The van der Waals surface area contributed by atoms with Gasteiger partial charge < -0.3 is 23.8 Å². The molecule has 29 heavy (non-hydrogen) atoms. The van der Waals surface area contributed by atoms with Gasteiger partial charge in [0.25, 0.3) is 0 Å². The number of methoxy groups -OCH3 is 2. The summed E-state index contributed by atoms with van der Waals surface area (Å²) < 4.78 is 22.6. The summed E-state index contributed by atoms with van der Waals surface area (Å²) in [6.07, 6.45) is 0.923. The molecular formula is C24H23NO4. The Hall–Kier alpha value is -3.26. The van der Waals surface area contributed by atoms with Gasteiger partial charge >= 0.3 is 0 Å². The predicted molar refractivity (Wildman–Crippen MR) is 111 cm³/mol. The van der Waals surface area contributed by atoms with Gasteiger partial charge in [-0.1, -0.05) is 12.0 Å². The topological polar surface area (TPSA) is 40.2 Å². The molecule has 2 aromatic carbocycles. The summed E-state index contributed by atoms with van der Waals surface area (Å²) in [5.41, 5.74) is 7.11. The van der Waals surface area contributed by atoms with Crippen LogP contribution in [-0.4, -0.2) is 32.5 Å². The van der Waals surface area contributed by atoms with Crippen LogP contribution in [0.25, 0.3) is 11.3 Å². The molecule has 5 rings (SSSR count). The molecule has 0 amide bonds. The van der Waals surface area contributed by atoms with Gasteiger partial charge in [0.15, 0.2) is 23.0 Å². The maximum absolute atomic E-state index is 5.79. The summed E-state index contributed by atoms with van der Waals surface area (Å²) in [5.74, 6) is 9.67. The lowest BCUT2D eigenvalue weighted by molar-refractivity contribution is 0.174. The molecule has 0 aromatic heterocycles. The molecule has 5 heteroatoms. The molecule has 2 aromatic rings. The van der Waals surface area contributed by atoms with Crippen molar-refractivity contribution in [2.75, 3.05) is 27.6 Å². The van der Waals surface area contributed by atoms with E-state index in [4.69, 9.17) is 18.9 Å². The van der Waals surface area contributed by atoms with E-state index in [0.717, 1.165) is 47.1 Å². The van der Waals surface area contributed by atoms with Crippen LogP contribution in [0, 0.1) is 11.8 Å². The Morgan fingerprint density at radius 2 is 1.86 bits per heavy atom. The second-order valence-electron chi connectivity index (χ2n) is 7.34. The van der Waals surface area contributed by atoms with Crippen LogP contribution >= 0.6 is 0 Å². The summed E-state index contributed by atoms with van der Waals surface area (Å²) in [6.45, 7) is 5.21. The average Bonchev–Trinajstić information content (AvgIpc) is 3.20. The zero-order valence-electron chi connectivity index (χ0n) is 17.1. The van der Waals surface area contributed by atoms with Crippen LogP contribution in [0.4, 0.5) is 0 Å². The molecule has 3 heterocycles. The zero-order chi connectivity index (χ0) is 20.1. The molecule has 0 saturated heterocycles. The normalized spacial score (nSPS) is 18.3. The average molecular weight is 389 g/mol. The minimum Gasteiger partial charge on any atom is -0.493 e. The van der Waals surface area contributed by atoms with Gasteiger partial charge in [-0.05, 0) is 55.2 Å². The van der Waals surface area contributed by atoms with Crippen LogP contribution in [-0.2, 0) is 6.42 Å². The first-order chi connectivity index (χ1) is 14.2. The number of rotatable bonds is 2. The van der Waals surface area contributed by atoms with Gasteiger partial charge in [0.1, 0.15) is 6.04 Å². The van der Waals surface area contributed by atoms with Crippen molar-refractivity contribution >= 4 is 11.3 Å². The summed E-state index contributed by atoms with van der Waals surface area (Å²) in [7, 11) is 3.36. The fraction of sp³-hybridized carbons (Fsp3) is 0.333. The van der Waals surface area contributed by atoms with E-state index in [1.807, 2.05) is 13.0 Å². The Bertz CT molecular complexity index is 1110. The molecule has 1 unspecified atom stereocenters. The van der Waals surface area contributed by atoms with E-state index in [2.05, 4.69) is 41.9 Å². The molecule has 0 spiro atoms. The molecule has 3 aliphatic rings. The summed E-state index contributed by atoms with van der Waals surface area (Å²) >= 11 is 0. The Balaban J connectivity index is 1.79. The second kappa shape index (κ2) is 6.66. The molecular weight excluding hydrogens is 366 g/mol. The van der Waals surface area contributed by atoms with E-state index in [1.165, 1.54) is 22.4 Å². The lowest BCUT2D eigenvalue weighted by Gasteiger charge is -2.43. The fourth-order valence-electron chi connectivity index (χ4n) is 4.71. The van der Waals surface area contributed by atoms with E-state index < -0.39 is 0 Å². The Labute approximate surface area is 170 Å². The Morgan fingerprint density at radius 3 is 2.59 bits per heavy atom. The van der Waals surface area contributed by atoms with Gasteiger partial charge in [-0.2, -0.15) is 0 Å². The van der Waals surface area contributed by atoms with E-state index in [-0.39, 0.29) is 12.8 Å². The first kappa shape index (κ1) is 17.8. The molecule has 5 nitrogen and oxygen atoms in total. The third-order valence-electron chi connectivity index (χ3n) is 5.97. The van der Waals surface area contributed by atoms with Crippen LogP contribution < -0.4 is 18.9 Å². The lowest BCUT2D eigenvalue weighted by atomic mass is 9.82. The van der Waals surface area contributed by atoms with E-state index in [0.29, 0.717) is 0 Å². The third-order valence-corrected chi connectivity index (χ3v) is 5.97. The summed E-state index contributed by atoms with van der Waals surface area (Å²) in [4.78, 5) is 2.39. The molecule has 3 aliphatic heterocycles. The molecule has 0 aliphatic carbocycles. The maximum atomic E-state index is 5.79. The first-order valence-corrected chi connectivity index (χ1v) is 9.75. The molecule has 0 radical (unpaired) electrons. The number of hydrogen-bond acceptors (Lipinski definition) is 5. The number of fused-ring (bicyclic) bond motifs is 5. The molecule has 0 fully saturated rings. The fourth-order valence-corrected chi connectivity index (χ4v) is 4.71. The number of nitrogens with zero attached hydrogens (tertiary/aromatic N) is 1. The van der Waals surface area contributed by atoms with Gasteiger partial charge in [-0.15, -0.1) is 5.92 Å². The van der Waals surface area contributed by atoms with E-state index >= 15 is 0 Å². The van der Waals surface area contributed by atoms with E-state index in [1.54, 1.807) is 14.2 Å². The standard InChI is InChI=1S/C24H23NO4/c1-5-6-18-22-16(7-8-19(26-3)24(22)27-4)14(2)23-17-12-21-20(28-13-29-21)11-15(17)9-10-25(18)23/h7-8,11-12,18H,9-10,13H2,1-4H3. The first-order valence-electron chi connectivity index (χ1n) is 9.75. The molecule has 0 N–H and O–H groups in total. The highest BCUT2D eigenvalue weighted by Crippen LogP contribution is 2.52. The highest BCUT2D eigenvalue weighted by molar-refractivity contribution is 5.95. The third kappa shape index (κ3) is 2.49. The van der Waals surface area contributed by atoms with Crippen molar-refractivity contribution in [2.24, 2.45) is 0 Å². The second-order valence-corrected chi connectivity index (χ2v) is 7.34. The van der Waals surface area contributed by atoms with E-state index in [9.17, 15) is 0 Å². The van der Waals surface area contributed by atoms with Crippen LogP contribution in [0.2, 0.25) is 0 Å². The van der Waals surface area contributed by atoms with Crippen LogP contribution in [0.3, 0.4) is 0 Å². The smallest absolute Gasteiger partial charge is 0.231 e. The summed E-state index contributed by atoms with van der Waals surface area (Å²) in [6, 6.07) is 8.22. The monoisotopic (exact) mass is 389 g/mol. The van der Waals surface area contributed by atoms with Gasteiger partial charge in [0.2, 0.25) is 6.79 Å². The van der Waals surface area contributed by atoms with Crippen molar-refractivity contribution < 1.29 is 18.9 Å². The molecule has 0 saturated carbocycles. The van der Waals surface area contributed by atoms with Gasteiger partial charge in [0, 0.05) is 23.4 Å². The van der Waals surface area contributed by atoms with Gasteiger partial charge in [0.05, 0.1) is 14.2 Å². The number of allylic oxidation sites excluding steroid dienone is 1. The van der Waals surface area contributed by atoms with Gasteiger partial charge in [-0.3, -0.25) is 0 Å². The minimum atomic E-state index is -0.0997. The SMILES string of the molecule is CC#CC1c2c(ccc(OC)c2OC)C(C)=C2c3cc4c(cc3CCN21)OCO4. The van der Waals surface area contributed by atoms with Crippen LogP contribution in [0.5, 0.6) is 23.0 Å². The number of benzene rings is 2. The van der Waals surface area contributed by atoms with Crippen LogP contribution in [0.15, 0.2) is 24.3 Å². The minimum absolute atomic E-state index is 0.0997. The van der Waals surface area contributed by atoms with Crippen LogP contribution in [0.1, 0.15) is 42.1 Å². The van der Waals surface area contributed by atoms with Crippen molar-refractivity contribution in [3.8, 4) is 34.8 Å². The lowest BCUT2D eigenvalue weighted by Crippen LogP contribution is -2.36. The molecule has 148 valence electrons. The van der Waals surface area contributed by atoms with Crippen molar-refractivity contribution in [3.05, 3.63) is 46.5 Å². The number of hydrogen-bond donors (Lipinski definition) is 0. The van der Waals surface area contributed by atoms with Crippen molar-refractivity contribution in [2.45, 2.75) is 26.3 Å². The van der Waals surface area contributed by atoms with Crippen molar-refractivity contribution in [1.29, 1.82) is 0 Å². The Kier molecular flexibility index (Phi) is 4.09. The van der Waals surface area contributed by atoms with Crippen molar-refractivity contribution in [1.82, 2.24) is 4.90 Å². The summed E-state index contributed by atoms with van der Waals surface area (Å²) in [5, 5.41) is 0. The highest BCUT2D eigenvalue weighted by Gasteiger charge is 2.38. The largest absolute Gasteiger partial charge is 0.493 e. The molecule has 1 atom stereocenters.